The van der Waals surface area contributed by atoms with Gasteiger partial charge in [-0.05, 0) is 54.2 Å². The van der Waals surface area contributed by atoms with Crippen LogP contribution in [-0.4, -0.2) is 55.3 Å². The van der Waals surface area contributed by atoms with E-state index in [2.05, 4.69) is 26.0 Å². The lowest BCUT2D eigenvalue weighted by Gasteiger charge is -2.13. The largest absolute Gasteiger partial charge is 0.495 e. The Hall–Kier alpha value is -3.02. The first-order chi connectivity index (χ1) is 16.2. The van der Waals surface area contributed by atoms with Gasteiger partial charge in [0.1, 0.15) is 18.0 Å². The maximum Gasteiger partial charge on any atom is 0.343 e. The Bertz CT molecular complexity index is 1190. The van der Waals surface area contributed by atoms with Gasteiger partial charge in [-0.3, -0.25) is 19.3 Å². The number of halogens is 2. The highest BCUT2D eigenvalue weighted by atomic mass is 79.9. The number of nitrogens with one attached hydrogen (secondary N) is 1. The van der Waals surface area contributed by atoms with E-state index < -0.39 is 29.6 Å². The monoisotopic (exact) mass is 568 g/mol. The number of methoxy groups -OCH3 is 2. The third-order valence-electron chi connectivity index (χ3n) is 4.44. The summed E-state index contributed by atoms with van der Waals surface area (Å²) in [5, 5.41) is 2.30. The zero-order chi connectivity index (χ0) is 24.8. The van der Waals surface area contributed by atoms with Gasteiger partial charge >= 0.3 is 5.97 Å². The summed E-state index contributed by atoms with van der Waals surface area (Å²) < 4.78 is 15.8. The number of hydrogen-bond donors (Lipinski definition) is 1. The fourth-order valence-corrected chi connectivity index (χ4v) is 4.29. The van der Waals surface area contributed by atoms with E-state index >= 15 is 0 Å². The first-order valence-corrected chi connectivity index (χ1v) is 11.6. The van der Waals surface area contributed by atoms with Crippen molar-refractivity contribution >= 4 is 74.1 Å². The predicted octanol–water partition coefficient (Wildman–Crippen LogP) is 4.34. The molecule has 3 rings (SSSR count). The first kappa shape index (κ1) is 25.6. The van der Waals surface area contributed by atoms with Gasteiger partial charge in [0.2, 0.25) is 5.91 Å². The Balaban J connectivity index is 1.73. The van der Waals surface area contributed by atoms with E-state index in [1.807, 2.05) is 0 Å². The summed E-state index contributed by atoms with van der Waals surface area (Å²) in [7, 11) is 2.71. The molecule has 0 saturated carbocycles. The highest BCUT2D eigenvalue weighted by molar-refractivity contribution is 9.10. The van der Waals surface area contributed by atoms with Crippen LogP contribution in [0.15, 0.2) is 45.8 Å². The Kier molecular flexibility index (Phi) is 8.59. The van der Waals surface area contributed by atoms with Crippen molar-refractivity contribution in [2.45, 2.75) is 0 Å². The zero-order valence-electron chi connectivity index (χ0n) is 17.9. The molecule has 1 N–H and O–H groups in total. The van der Waals surface area contributed by atoms with Crippen molar-refractivity contribution in [1.29, 1.82) is 0 Å². The van der Waals surface area contributed by atoms with Crippen molar-refractivity contribution < 1.29 is 33.4 Å². The van der Waals surface area contributed by atoms with Gasteiger partial charge in [0.15, 0.2) is 6.61 Å². The fraction of sp³-hybridized carbons (Fsp3) is 0.182. The Morgan fingerprint density at radius 3 is 2.56 bits per heavy atom. The second-order valence-electron chi connectivity index (χ2n) is 6.71. The van der Waals surface area contributed by atoms with E-state index in [-0.39, 0.29) is 11.5 Å². The van der Waals surface area contributed by atoms with Crippen LogP contribution in [0.1, 0.15) is 5.56 Å². The number of carbonyl (C=O) groups excluding carboxylic acids is 4. The standard InChI is InChI=1S/C22H18BrClN2O7S/c1-31-17-6-4-14(9-15(17)24)25-19(27)10-26-21(29)18(34-22(26)30)8-12-7-13(23)3-5-16(12)33-11-20(28)32-2/h3-9H,10-11H2,1-2H3,(H,25,27)/b18-8+. The topological polar surface area (TPSA) is 111 Å². The number of benzene rings is 2. The molecule has 0 atom stereocenters. The minimum atomic E-state index is -0.628. The number of anilines is 1. The maximum atomic E-state index is 12.8. The molecule has 1 fully saturated rings. The van der Waals surface area contributed by atoms with E-state index in [4.69, 9.17) is 21.1 Å². The molecule has 1 aliphatic rings. The summed E-state index contributed by atoms with van der Waals surface area (Å²) in [5.41, 5.74) is 0.848. The van der Waals surface area contributed by atoms with Crippen LogP contribution in [0.2, 0.25) is 5.02 Å². The van der Waals surface area contributed by atoms with Crippen LogP contribution >= 0.6 is 39.3 Å². The molecule has 1 heterocycles. The lowest BCUT2D eigenvalue weighted by Crippen LogP contribution is -2.36. The number of ether oxygens (including phenoxy) is 3. The Labute approximate surface area is 212 Å². The smallest absolute Gasteiger partial charge is 0.343 e. The highest BCUT2D eigenvalue weighted by Crippen LogP contribution is 2.35. The van der Waals surface area contributed by atoms with Gasteiger partial charge in [-0.1, -0.05) is 27.5 Å². The second kappa shape index (κ2) is 11.4. The summed E-state index contributed by atoms with van der Waals surface area (Å²) in [6.45, 7) is -0.800. The number of esters is 1. The predicted molar refractivity (Wildman–Crippen MR) is 131 cm³/mol. The van der Waals surface area contributed by atoms with E-state index in [0.29, 0.717) is 44.0 Å². The molecule has 178 valence electrons. The van der Waals surface area contributed by atoms with E-state index in [0.717, 1.165) is 4.90 Å². The third-order valence-corrected chi connectivity index (χ3v) is 6.14. The van der Waals surface area contributed by atoms with Crippen molar-refractivity contribution in [3.63, 3.8) is 0 Å². The average Bonchev–Trinajstić information content (AvgIpc) is 3.05. The summed E-state index contributed by atoms with van der Waals surface area (Å²) in [4.78, 5) is 50.0. The van der Waals surface area contributed by atoms with Gasteiger partial charge in [0.05, 0.1) is 24.1 Å². The molecule has 3 amide bonds. The molecule has 0 radical (unpaired) electrons. The van der Waals surface area contributed by atoms with Crippen LogP contribution in [-0.2, 0) is 19.1 Å². The van der Waals surface area contributed by atoms with Gasteiger partial charge in [0.25, 0.3) is 11.1 Å². The van der Waals surface area contributed by atoms with Crippen molar-refractivity contribution in [2.75, 3.05) is 32.7 Å². The summed E-state index contributed by atoms with van der Waals surface area (Å²) >= 11 is 10.1. The average molecular weight is 570 g/mol. The van der Waals surface area contributed by atoms with E-state index in [1.165, 1.54) is 26.4 Å². The molecule has 1 aliphatic heterocycles. The quantitative estimate of drug-likeness (QED) is 0.369. The second-order valence-corrected chi connectivity index (χ2v) is 9.03. The van der Waals surface area contributed by atoms with E-state index in [1.54, 1.807) is 30.3 Å². The van der Waals surface area contributed by atoms with Gasteiger partial charge in [-0.25, -0.2) is 4.79 Å². The molecule has 1 saturated heterocycles. The van der Waals surface area contributed by atoms with Crippen molar-refractivity contribution in [3.8, 4) is 11.5 Å². The molecule has 34 heavy (non-hydrogen) atoms. The Morgan fingerprint density at radius 1 is 1.15 bits per heavy atom. The normalized spacial score (nSPS) is 14.4. The molecular weight excluding hydrogens is 552 g/mol. The molecule has 0 unspecified atom stereocenters. The van der Waals surface area contributed by atoms with E-state index in [9.17, 15) is 19.2 Å². The number of thioether (sulfide) groups is 1. The molecule has 0 aromatic heterocycles. The minimum absolute atomic E-state index is 0.103. The lowest BCUT2D eigenvalue weighted by atomic mass is 10.2. The highest BCUT2D eigenvalue weighted by Gasteiger charge is 2.36. The van der Waals surface area contributed by atoms with Crippen molar-refractivity contribution in [3.05, 3.63) is 56.4 Å². The SMILES string of the molecule is COC(=O)COc1ccc(Br)cc1/C=C1/SC(=O)N(CC(=O)Nc2ccc(OC)c(Cl)c2)C1=O. The number of carbonyl (C=O) groups is 4. The number of imide groups is 1. The summed E-state index contributed by atoms with van der Waals surface area (Å²) in [6, 6.07) is 9.63. The molecule has 2 aromatic carbocycles. The maximum absolute atomic E-state index is 12.8. The van der Waals surface area contributed by atoms with Crippen LogP contribution in [0.3, 0.4) is 0 Å². The molecular formula is C22H18BrClN2O7S. The lowest BCUT2D eigenvalue weighted by molar-refractivity contribution is -0.142. The molecule has 0 bridgehead atoms. The van der Waals surface area contributed by atoms with Gasteiger partial charge in [-0.15, -0.1) is 0 Å². The Morgan fingerprint density at radius 2 is 1.88 bits per heavy atom. The minimum Gasteiger partial charge on any atom is -0.495 e. The van der Waals surface area contributed by atoms with Crippen molar-refractivity contribution in [2.24, 2.45) is 0 Å². The summed E-state index contributed by atoms with van der Waals surface area (Å²) in [6.07, 6.45) is 1.46. The molecule has 0 spiro atoms. The summed E-state index contributed by atoms with van der Waals surface area (Å²) in [5.74, 6) is -1.02. The van der Waals surface area contributed by atoms with Crippen LogP contribution < -0.4 is 14.8 Å². The molecule has 9 nitrogen and oxygen atoms in total. The van der Waals surface area contributed by atoms with Crippen molar-refractivity contribution in [1.82, 2.24) is 4.90 Å². The number of rotatable bonds is 8. The third kappa shape index (κ3) is 6.31. The van der Waals surface area contributed by atoms with Gasteiger partial charge in [0, 0.05) is 15.7 Å². The molecule has 0 aliphatic carbocycles. The number of nitrogens with zero attached hydrogens (tertiary/aromatic N) is 1. The van der Waals surface area contributed by atoms with Gasteiger partial charge < -0.3 is 19.5 Å². The molecule has 12 heteroatoms. The number of amides is 3. The van der Waals surface area contributed by atoms with Crippen LogP contribution in [0.4, 0.5) is 10.5 Å². The first-order valence-electron chi connectivity index (χ1n) is 9.59. The van der Waals surface area contributed by atoms with Crippen LogP contribution in [0, 0.1) is 0 Å². The zero-order valence-corrected chi connectivity index (χ0v) is 21.1. The van der Waals surface area contributed by atoms with Gasteiger partial charge in [-0.2, -0.15) is 0 Å². The van der Waals surface area contributed by atoms with Crippen LogP contribution in [0.25, 0.3) is 6.08 Å². The fourth-order valence-electron chi connectivity index (χ4n) is 2.82. The molecule has 2 aromatic rings. The number of hydrogen-bond acceptors (Lipinski definition) is 8. The van der Waals surface area contributed by atoms with Crippen LogP contribution in [0.5, 0.6) is 11.5 Å².